The summed E-state index contributed by atoms with van der Waals surface area (Å²) in [6.07, 6.45) is 4.23. The van der Waals surface area contributed by atoms with Crippen LogP contribution in [-0.2, 0) is 17.7 Å². The molecule has 0 spiro atoms. The first-order valence-electron chi connectivity index (χ1n) is 5.95. The molecule has 0 amide bonds. The summed E-state index contributed by atoms with van der Waals surface area (Å²) in [5, 5.41) is 3.86. The fourth-order valence-electron chi connectivity index (χ4n) is 1.66. The predicted molar refractivity (Wildman–Crippen MR) is 74.4 cm³/mol. The van der Waals surface area contributed by atoms with Gasteiger partial charge in [-0.05, 0) is 18.1 Å². The van der Waals surface area contributed by atoms with Gasteiger partial charge in [0.25, 0.3) is 0 Å². The molecule has 2 aromatic heterocycles. The minimum atomic E-state index is -0.363. The third kappa shape index (κ3) is 3.29. The van der Waals surface area contributed by atoms with Gasteiger partial charge < -0.3 is 10.1 Å². The Labute approximate surface area is 115 Å². The first-order chi connectivity index (χ1) is 9.24. The molecule has 2 heterocycles. The molecule has 0 aliphatic rings. The lowest BCUT2D eigenvalue weighted by atomic mass is 10.1. The summed E-state index contributed by atoms with van der Waals surface area (Å²) in [4.78, 5) is 20.3. The Morgan fingerprint density at radius 2 is 2.32 bits per heavy atom. The Morgan fingerprint density at radius 1 is 1.47 bits per heavy atom. The van der Waals surface area contributed by atoms with Gasteiger partial charge in [0.1, 0.15) is 4.88 Å². The number of ether oxygens (including phenoxy) is 1. The molecule has 2 aromatic rings. The van der Waals surface area contributed by atoms with E-state index in [9.17, 15) is 4.79 Å². The largest absolute Gasteiger partial charge is 0.465 e. The number of aromatic nitrogens is 2. The molecule has 0 fully saturated rings. The molecule has 1 N–H and O–H groups in total. The predicted octanol–water partition coefficient (Wildman–Crippen LogP) is 2.50. The molecule has 0 aliphatic heterocycles. The molecule has 100 valence electrons. The molecule has 0 unspecified atom stereocenters. The van der Waals surface area contributed by atoms with Gasteiger partial charge in [0, 0.05) is 6.20 Å². The maximum atomic E-state index is 11.3. The van der Waals surface area contributed by atoms with Crippen molar-refractivity contribution in [2.75, 3.05) is 12.4 Å². The molecule has 2 rings (SSSR count). The van der Waals surface area contributed by atoms with E-state index in [1.165, 1.54) is 30.2 Å². The van der Waals surface area contributed by atoms with Gasteiger partial charge in [-0.3, -0.25) is 4.98 Å². The number of rotatable bonds is 5. The monoisotopic (exact) mass is 277 g/mol. The standard InChI is InChI=1S/C13H15N3O2S/c1-3-9-5-4-6-14-10(9)7-15-13-16-8-11(19-13)12(17)18-2/h4-6,8H,3,7H2,1-2H3,(H,15,16). The van der Waals surface area contributed by atoms with Gasteiger partial charge in [-0.15, -0.1) is 0 Å². The second-order valence-electron chi connectivity index (χ2n) is 3.84. The topological polar surface area (TPSA) is 64.1 Å². The SMILES string of the molecule is CCc1cccnc1CNc1ncc(C(=O)OC)s1. The molecule has 5 nitrogen and oxygen atoms in total. The number of pyridine rings is 1. The molecule has 0 radical (unpaired) electrons. The summed E-state index contributed by atoms with van der Waals surface area (Å²) in [5.41, 5.74) is 2.21. The maximum absolute atomic E-state index is 11.3. The number of carbonyl (C=O) groups is 1. The summed E-state index contributed by atoms with van der Waals surface area (Å²) in [5.74, 6) is -0.363. The Kier molecular flexibility index (Phi) is 4.46. The van der Waals surface area contributed by atoms with Crippen LogP contribution in [0.1, 0.15) is 27.9 Å². The van der Waals surface area contributed by atoms with Crippen LogP contribution in [0.25, 0.3) is 0 Å². The fraction of sp³-hybridized carbons (Fsp3) is 0.308. The summed E-state index contributed by atoms with van der Waals surface area (Å²) >= 11 is 1.27. The number of hydrogen-bond donors (Lipinski definition) is 1. The molecule has 0 atom stereocenters. The molecule has 19 heavy (non-hydrogen) atoms. The van der Waals surface area contributed by atoms with E-state index < -0.39 is 0 Å². The van der Waals surface area contributed by atoms with Crippen LogP contribution >= 0.6 is 11.3 Å². The van der Waals surface area contributed by atoms with E-state index in [2.05, 4.69) is 33.0 Å². The first-order valence-corrected chi connectivity index (χ1v) is 6.77. The van der Waals surface area contributed by atoms with Crippen LogP contribution in [0, 0.1) is 0 Å². The number of aryl methyl sites for hydroxylation is 1. The number of anilines is 1. The highest BCUT2D eigenvalue weighted by Crippen LogP contribution is 2.19. The molecule has 0 bridgehead atoms. The van der Waals surface area contributed by atoms with Crippen LogP contribution in [-0.4, -0.2) is 23.0 Å². The highest BCUT2D eigenvalue weighted by atomic mass is 32.1. The second-order valence-corrected chi connectivity index (χ2v) is 4.87. The van der Waals surface area contributed by atoms with E-state index in [1.807, 2.05) is 6.07 Å². The average molecular weight is 277 g/mol. The smallest absolute Gasteiger partial charge is 0.349 e. The van der Waals surface area contributed by atoms with Gasteiger partial charge >= 0.3 is 5.97 Å². The zero-order valence-electron chi connectivity index (χ0n) is 10.8. The van der Waals surface area contributed by atoms with Gasteiger partial charge in [0.05, 0.1) is 25.5 Å². The Bertz CT molecular complexity index is 569. The van der Waals surface area contributed by atoms with Gasteiger partial charge in [0.15, 0.2) is 5.13 Å². The highest BCUT2D eigenvalue weighted by molar-refractivity contribution is 7.17. The van der Waals surface area contributed by atoms with Crippen LogP contribution in [0.5, 0.6) is 0 Å². The van der Waals surface area contributed by atoms with E-state index in [-0.39, 0.29) is 5.97 Å². The average Bonchev–Trinajstić information content (AvgIpc) is 2.93. The van der Waals surface area contributed by atoms with Crippen LogP contribution in [0.4, 0.5) is 5.13 Å². The lowest BCUT2D eigenvalue weighted by molar-refractivity contribution is 0.0606. The number of carbonyl (C=O) groups excluding carboxylic acids is 1. The Morgan fingerprint density at radius 3 is 3.05 bits per heavy atom. The van der Waals surface area contributed by atoms with E-state index in [0.29, 0.717) is 16.6 Å². The quantitative estimate of drug-likeness (QED) is 0.851. The summed E-state index contributed by atoms with van der Waals surface area (Å²) < 4.78 is 4.64. The van der Waals surface area contributed by atoms with Gasteiger partial charge in [0.2, 0.25) is 0 Å². The van der Waals surface area contributed by atoms with Crippen molar-refractivity contribution >= 4 is 22.4 Å². The van der Waals surface area contributed by atoms with Crippen molar-refractivity contribution in [3.05, 3.63) is 40.7 Å². The Hall–Kier alpha value is -1.95. The van der Waals surface area contributed by atoms with Crippen molar-refractivity contribution in [1.29, 1.82) is 0 Å². The lowest BCUT2D eigenvalue weighted by Crippen LogP contribution is -2.04. The minimum Gasteiger partial charge on any atom is -0.465 e. The number of methoxy groups -OCH3 is 1. The molecule has 0 saturated heterocycles. The molecule has 0 aromatic carbocycles. The fourth-order valence-corrected chi connectivity index (χ4v) is 2.39. The number of hydrogen-bond acceptors (Lipinski definition) is 6. The minimum absolute atomic E-state index is 0.363. The maximum Gasteiger partial charge on any atom is 0.349 e. The van der Waals surface area contributed by atoms with Gasteiger partial charge in [-0.1, -0.05) is 24.3 Å². The van der Waals surface area contributed by atoms with Crippen LogP contribution in [0.3, 0.4) is 0 Å². The van der Waals surface area contributed by atoms with E-state index in [1.54, 1.807) is 6.20 Å². The molecular weight excluding hydrogens is 262 g/mol. The van der Waals surface area contributed by atoms with Crippen molar-refractivity contribution in [3.8, 4) is 0 Å². The van der Waals surface area contributed by atoms with Gasteiger partial charge in [-0.25, -0.2) is 9.78 Å². The van der Waals surface area contributed by atoms with Crippen molar-refractivity contribution in [1.82, 2.24) is 9.97 Å². The van der Waals surface area contributed by atoms with E-state index in [4.69, 9.17) is 0 Å². The van der Waals surface area contributed by atoms with Crippen molar-refractivity contribution < 1.29 is 9.53 Å². The third-order valence-electron chi connectivity index (χ3n) is 2.66. The molecule has 0 aliphatic carbocycles. The number of nitrogens with one attached hydrogen (secondary N) is 1. The van der Waals surface area contributed by atoms with Gasteiger partial charge in [-0.2, -0.15) is 0 Å². The summed E-state index contributed by atoms with van der Waals surface area (Å²) in [6.45, 7) is 2.69. The molecule has 0 saturated carbocycles. The molecular formula is C13H15N3O2S. The summed E-state index contributed by atoms with van der Waals surface area (Å²) in [7, 11) is 1.36. The second kappa shape index (κ2) is 6.29. The Balaban J connectivity index is 2.02. The van der Waals surface area contributed by atoms with Crippen LogP contribution < -0.4 is 5.32 Å². The van der Waals surface area contributed by atoms with Crippen molar-refractivity contribution in [2.24, 2.45) is 0 Å². The number of esters is 1. The number of thiazole rings is 1. The lowest BCUT2D eigenvalue weighted by Gasteiger charge is -2.06. The normalized spacial score (nSPS) is 10.2. The summed E-state index contributed by atoms with van der Waals surface area (Å²) in [6, 6.07) is 3.99. The number of nitrogens with zero attached hydrogens (tertiary/aromatic N) is 2. The third-order valence-corrected chi connectivity index (χ3v) is 3.60. The van der Waals surface area contributed by atoms with E-state index >= 15 is 0 Å². The van der Waals surface area contributed by atoms with E-state index in [0.717, 1.165) is 12.1 Å². The zero-order chi connectivity index (χ0) is 13.7. The van der Waals surface area contributed by atoms with Crippen LogP contribution in [0.2, 0.25) is 0 Å². The zero-order valence-corrected chi connectivity index (χ0v) is 11.7. The van der Waals surface area contributed by atoms with Crippen molar-refractivity contribution in [2.45, 2.75) is 19.9 Å². The first kappa shape index (κ1) is 13.5. The van der Waals surface area contributed by atoms with Crippen molar-refractivity contribution in [3.63, 3.8) is 0 Å². The highest BCUT2D eigenvalue weighted by Gasteiger charge is 2.10. The van der Waals surface area contributed by atoms with Crippen LogP contribution in [0.15, 0.2) is 24.5 Å². The molecule has 6 heteroatoms.